The van der Waals surface area contributed by atoms with Crippen LogP contribution in [0.5, 0.6) is 0 Å². The van der Waals surface area contributed by atoms with E-state index < -0.39 is 17.6 Å². The van der Waals surface area contributed by atoms with Crippen molar-refractivity contribution in [3.8, 4) is 0 Å². The van der Waals surface area contributed by atoms with Gasteiger partial charge in [0.25, 0.3) is 0 Å². The van der Waals surface area contributed by atoms with Gasteiger partial charge in [0.1, 0.15) is 5.82 Å². The van der Waals surface area contributed by atoms with E-state index in [4.69, 9.17) is 0 Å². The van der Waals surface area contributed by atoms with Gasteiger partial charge in [0.15, 0.2) is 5.16 Å². The summed E-state index contributed by atoms with van der Waals surface area (Å²) in [7, 11) is 0. The molecule has 0 aliphatic carbocycles. The molecule has 2 aromatic carbocycles. The Bertz CT molecular complexity index is 1080. The molecule has 0 atom stereocenters. The molecule has 0 spiro atoms. The van der Waals surface area contributed by atoms with Crippen molar-refractivity contribution in [1.82, 2.24) is 14.8 Å². The molecule has 10 heteroatoms. The maximum absolute atomic E-state index is 12.8. The summed E-state index contributed by atoms with van der Waals surface area (Å²) in [6.45, 7) is 6.27. The van der Waals surface area contributed by atoms with Crippen LogP contribution in [0.3, 0.4) is 0 Å². The van der Waals surface area contributed by atoms with Crippen LogP contribution in [0.15, 0.2) is 71.2 Å². The van der Waals surface area contributed by atoms with Crippen molar-refractivity contribution in [2.24, 2.45) is 0 Å². The summed E-state index contributed by atoms with van der Waals surface area (Å²) >= 11 is 2.79. The second kappa shape index (κ2) is 10.7. The van der Waals surface area contributed by atoms with E-state index in [0.717, 1.165) is 22.9 Å². The minimum atomic E-state index is -4.47. The Kier molecular flexibility index (Phi) is 8.03. The lowest BCUT2D eigenvalue weighted by Gasteiger charge is -2.10. The van der Waals surface area contributed by atoms with Crippen molar-refractivity contribution in [2.75, 3.05) is 11.1 Å². The van der Waals surface area contributed by atoms with Crippen LogP contribution in [0, 0.1) is 6.92 Å². The monoisotopic (exact) mass is 478 g/mol. The third-order valence-electron chi connectivity index (χ3n) is 4.30. The lowest BCUT2D eigenvalue weighted by molar-refractivity contribution is -0.137. The van der Waals surface area contributed by atoms with Crippen molar-refractivity contribution in [2.45, 2.75) is 35.4 Å². The Morgan fingerprint density at radius 3 is 2.59 bits per heavy atom. The number of alkyl halides is 3. The van der Waals surface area contributed by atoms with Gasteiger partial charge in [-0.3, -0.25) is 4.79 Å². The normalized spacial score (nSPS) is 11.4. The topological polar surface area (TPSA) is 59.8 Å². The van der Waals surface area contributed by atoms with Gasteiger partial charge in [-0.05, 0) is 37.3 Å². The van der Waals surface area contributed by atoms with Gasteiger partial charge in [-0.25, -0.2) is 0 Å². The van der Waals surface area contributed by atoms with Crippen LogP contribution in [0.1, 0.15) is 17.0 Å². The molecule has 0 radical (unpaired) electrons. The molecule has 5 nitrogen and oxygen atoms in total. The molecule has 0 aliphatic rings. The fourth-order valence-corrected chi connectivity index (χ4v) is 4.33. The van der Waals surface area contributed by atoms with Crippen LogP contribution in [-0.2, 0) is 23.3 Å². The molecule has 32 heavy (non-hydrogen) atoms. The van der Waals surface area contributed by atoms with Crippen LogP contribution in [0.2, 0.25) is 0 Å². The van der Waals surface area contributed by atoms with E-state index in [9.17, 15) is 18.0 Å². The second-order valence-electron chi connectivity index (χ2n) is 6.82. The summed E-state index contributed by atoms with van der Waals surface area (Å²) in [6, 6.07) is 12.7. The average Bonchev–Trinajstić information content (AvgIpc) is 3.13. The zero-order chi connectivity index (χ0) is 23.1. The Morgan fingerprint density at radius 1 is 1.16 bits per heavy atom. The lowest BCUT2D eigenvalue weighted by atomic mass is 10.2. The average molecular weight is 479 g/mol. The first-order valence-electron chi connectivity index (χ1n) is 9.58. The molecule has 1 aromatic heterocycles. The van der Waals surface area contributed by atoms with Gasteiger partial charge >= 0.3 is 6.18 Å². The predicted molar refractivity (Wildman–Crippen MR) is 122 cm³/mol. The SMILES string of the molecule is C=CCn1c(CSc2ccc(C)cc2)nnc1SCC(=O)Nc1cccc(C(F)(F)F)c1. The number of amides is 1. The number of nitrogens with one attached hydrogen (secondary N) is 1. The zero-order valence-corrected chi connectivity index (χ0v) is 18.9. The number of hydrogen-bond acceptors (Lipinski definition) is 5. The van der Waals surface area contributed by atoms with E-state index >= 15 is 0 Å². The molecule has 0 unspecified atom stereocenters. The minimum absolute atomic E-state index is 0.0172. The number of aryl methyl sites for hydroxylation is 1. The number of carbonyl (C=O) groups excluding carboxylic acids is 1. The number of hydrogen-bond donors (Lipinski definition) is 1. The van der Waals surface area contributed by atoms with Gasteiger partial charge in [-0.15, -0.1) is 28.5 Å². The molecule has 0 bridgehead atoms. The zero-order valence-electron chi connectivity index (χ0n) is 17.2. The minimum Gasteiger partial charge on any atom is -0.325 e. The number of benzene rings is 2. The number of halogens is 3. The van der Waals surface area contributed by atoms with Crippen molar-refractivity contribution in [3.63, 3.8) is 0 Å². The number of rotatable bonds is 9. The van der Waals surface area contributed by atoms with Crippen LogP contribution in [0.4, 0.5) is 18.9 Å². The maximum Gasteiger partial charge on any atom is 0.416 e. The Labute approximate surface area is 192 Å². The largest absolute Gasteiger partial charge is 0.416 e. The van der Waals surface area contributed by atoms with E-state index in [-0.39, 0.29) is 11.4 Å². The first-order chi connectivity index (χ1) is 15.3. The quantitative estimate of drug-likeness (QED) is 0.310. The van der Waals surface area contributed by atoms with Crippen molar-refractivity contribution in [3.05, 3.63) is 78.1 Å². The number of carbonyl (C=O) groups is 1. The number of anilines is 1. The molecular formula is C22H21F3N4OS2. The maximum atomic E-state index is 12.8. The molecule has 168 valence electrons. The summed E-state index contributed by atoms with van der Waals surface area (Å²) < 4.78 is 40.4. The fourth-order valence-electron chi connectivity index (χ4n) is 2.73. The highest BCUT2D eigenvalue weighted by Crippen LogP contribution is 2.31. The molecule has 3 aromatic rings. The van der Waals surface area contributed by atoms with Gasteiger partial charge in [-0.2, -0.15) is 13.2 Å². The molecule has 0 saturated carbocycles. The highest BCUT2D eigenvalue weighted by Gasteiger charge is 2.30. The van der Waals surface area contributed by atoms with E-state index in [1.54, 1.807) is 17.8 Å². The van der Waals surface area contributed by atoms with E-state index in [1.807, 2.05) is 35.8 Å². The first-order valence-corrected chi connectivity index (χ1v) is 11.6. The molecule has 0 saturated heterocycles. The van der Waals surface area contributed by atoms with E-state index in [1.165, 1.54) is 29.5 Å². The van der Waals surface area contributed by atoms with Crippen molar-refractivity contribution >= 4 is 35.1 Å². The third kappa shape index (κ3) is 6.64. The molecule has 0 aliphatic heterocycles. The van der Waals surface area contributed by atoms with Gasteiger partial charge in [0, 0.05) is 17.1 Å². The highest BCUT2D eigenvalue weighted by molar-refractivity contribution is 7.99. The highest BCUT2D eigenvalue weighted by atomic mass is 32.2. The van der Waals surface area contributed by atoms with Gasteiger partial charge in [0.2, 0.25) is 5.91 Å². The van der Waals surface area contributed by atoms with Crippen LogP contribution in [-0.4, -0.2) is 26.4 Å². The van der Waals surface area contributed by atoms with Crippen LogP contribution < -0.4 is 5.32 Å². The Hall–Kier alpha value is -2.72. The molecule has 1 amide bonds. The smallest absolute Gasteiger partial charge is 0.325 e. The third-order valence-corrected chi connectivity index (χ3v) is 6.27. The van der Waals surface area contributed by atoms with Gasteiger partial charge in [0.05, 0.1) is 17.1 Å². The van der Waals surface area contributed by atoms with Crippen LogP contribution >= 0.6 is 23.5 Å². The fraction of sp³-hybridized carbons (Fsp3) is 0.227. The molecule has 0 fully saturated rings. The number of aromatic nitrogens is 3. The van der Waals surface area contributed by atoms with Crippen molar-refractivity contribution < 1.29 is 18.0 Å². The summed E-state index contributed by atoms with van der Waals surface area (Å²) in [4.78, 5) is 13.4. The Balaban J connectivity index is 1.61. The number of allylic oxidation sites excluding steroid dienone is 1. The Morgan fingerprint density at radius 2 is 1.91 bits per heavy atom. The van der Waals surface area contributed by atoms with Gasteiger partial charge < -0.3 is 9.88 Å². The molecule has 1 heterocycles. The summed E-state index contributed by atoms with van der Waals surface area (Å²) in [5.74, 6) is 0.895. The van der Waals surface area contributed by atoms with E-state index in [0.29, 0.717) is 17.5 Å². The molecular weight excluding hydrogens is 457 g/mol. The second-order valence-corrected chi connectivity index (χ2v) is 8.81. The summed E-state index contributed by atoms with van der Waals surface area (Å²) in [6.07, 6.45) is -2.75. The predicted octanol–water partition coefficient (Wildman–Crippen LogP) is 5.81. The molecule has 3 rings (SSSR count). The molecule has 1 N–H and O–H groups in total. The van der Waals surface area contributed by atoms with Gasteiger partial charge in [-0.1, -0.05) is 41.6 Å². The standard InChI is InChI=1S/C22H21F3N4OS2/c1-3-11-29-19(13-31-18-9-7-15(2)8-10-18)27-28-21(29)32-14-20(30)26-17-6-4-5-16(12-17)22(23,24)25/h3-10,12H,1,11,13-14H2,2H3,(H,26,30). The summed E-state index contributed by atoms with van der Waals surface area (Å²) in [5, 5.41) is 11.4. The lowest BCUT2D eigenvalue weighted by Crippen LogP contribution is -2.15. The van der Waals surface area contributed by atoms with Crippen LogP contribution in [0.25, 0.3) is 0 Å². The number of thioether (sulfide) groups is 2. The first kappa shape index (κ1) is 23.9. The van der Waals surface area contributed by atoms with E-state index in [2.05, 4.69) is 22.1 Å². The summed E-state index contributed by atoms with van der Waals surface area (Å²) in [5.41, 5.74) is 0.462. The van der Waals surface area contributed by atoms with Crippen molar-refractivity contribution in [1.29, 1.82) is 0 Å². The number of nitrogens with zero attached hydrogens (tertiary/aromatic N) is 3.